The van der Waals surface area contributed by atoms with Crippen LogP contribution in [0.15, 0.2) is 24.3 Å². The Labute approximate surface area is 123 Å². The first-order valence-electron chi connectivity index (χ1n) is 7.94. The Balaban J connectivity index is 2.19. The van der Waals surface area contributed by atoms with E-state index >= 15 is 0 Å². The van der Waals surface area contributed by atoms with E-state index < -0.39 is 0 Å². The first kappa shape index (κ1) is 15.5. The minimum absolute atomic E-state index is 0.212. The summed E-state index contributed by atoms with van der Waals surface area (Å²) >= 11 is 0. The van der Waals surface area contributed by atoms with Crippen LogP contribution < -0.4 is 5.73 Å². The van der Waals surface area contributed by atoms with Gasteiger partial charge in [-0.3, -0.25) is 4.90 Å². The van der Waals surface area contributed by atoms with Crippen molar-refractivity contribution in [3.63, 3.8) is 0 Å². The van der Waals surface area contributed by atoms with Gasteiger partial charge in [-0.2, -0.15) is 0 Å². The number of hydrogen-bond donors (Lipinski definition) is 1. The third kappa shape index (κ3) is 3.40. The molecule has 1 fully saturated rings. The quantitative estimate of drug-likeness (QED) is 0.895. The first-order valence-corrected chi connectivity index (χ1v) is 7.94. The molecule has 112 valence electrons. The van der Waals surface area contributed by atoms with Gasteiger partial charge in [0.1, 0.15) is 0 Å². The zero-order chi connectivity index (χ0) is 14.5. The Hall–Kier alpha value is -0.900. The van der Waals surface area contributed by atoms with Gasteiger partial charge in [-0.15, -0.1) is 0 Å². The van der Waals surface area contributed by atoms with Crippen LogP contribution in [0.3, 0.4) is 0 Å². The van der Waals surface area contributed by atoms with E-state index in [1.165, 1.54) is 11.1 Å². The van der Waals surface area contributed by atoms with Crippen LogP contribution in [0.5, 0.6) is 0 Å². The van der Waals surface area contributed by atoms with Crippen molar-refractivity contribution in [2.75, 3.05) is 32.7 Å². The van der Waals surface area contributed by atoms with Gasteiger partial charge in [0, 0.05) is 32.2 Å². The van der Waals surface area contributed by atoms with Crippen molar-refractivity contribution >= 4 is 0 Å². The third-order valence-corrected chi connectivity index (χ3v) is 4.63. The normalized spacial score (nSPS) is 20.8. The lowest BCUT2D eigenvalue weighted by atomic mass is 9.92. The molecule has 2 atom stereocenters. The predicted molar refractivity (Wildman–Crippen MR) is 85.9 cm³/mol. The van der Waals surface area contributed by atoms with Crippen molar-refractivity contribution in [1.29, 1.82) is 0 Å². The summed E-state index contributed by atoms with van der Waals surface area (Å²) in [5.41, 5.74) is 9.23. The highest BCUT2D eigenvalue weighted by Crippen LogP contribution is 2.28. The van der Waals surface area contributed by atoms with Crippen LogP contribution >= 0.6 is 0 Å². The molecular weight excluding hydrogens is 246 g/mol. The standard InChI is InChI=1S/C17H29N3/c1-4-16(18)17(15-9-7-6-8-14(15)3)20-12-10-19(5-2)11-13-20/h6-9,16-17H,4-5,10-13,18H2,1-3H3. The fourth-order valence-electron chi connectivity index (χ4n) is 3.20. The molecule has 2 N–H and O–H groups in total. The molecule has 1 aliphatic rings. The van der Waals surface area contributed by atoms with Gasteiger partial charge < -0.3 is 10.6 Å². The van der Waals surface area contributed by atoms with Gasteiger partial charge in [0.15, 0.2) is 0 Å². The number of likely N-dealkylation sites (N-methyl/N-ethyl adjacent to an activating group) is 1. The maximum absolute atomic E-state index is 6.46. The summed E-state index contributed by atoms with van der Waals surface area (Å²) in [4.78, 5) is 5.10. The Morgan fingerprint density at radius 1 is 1.10 bits per heavy atom. The van der Waals surface area contributed by atoms with Gasteiger partial charge in [0.05, 0.1) is 6.04 Å². The van der Waals surface area contributed by atoms with Crippen molar-refractivity contribution in [2.24, 2.45) is 5.73 Å². The summed E-state index contributed by atoms with van der Waals surface area (Å²) in [6.45, 7) is 12.4. The molecule has 0 amide bonds. The first-order chi connectivity index (χ1) is 9.67. The zero-order valence-electron chi connectivity index (χ0n) is 13.2. The second-order valence-electron chi connectivity index (χ2n) is 5.84. The molecule has 1 aromatic rings. The molecule has 0 bridgehead atoms. The van der Waals surface area contributed by atoms with E-state index in [1.54, 1.807) is 0 Å². The number of benzene rings is 1. The number of rotatable bonds is 5. The van der Waals surface area contributed by atoms with Gasteiger partial charge in [-0.25, -0.2) is 0 Å². The molecule has 2 unspecified atom stereocenters. The van der Waals surface area contributed by atoms with Crippen molar-refractivity contribution in [3.8, 4) is 0 Å². The highest BCUT2D eigenvalue weighted by molar-refractivity contribution is 5.30. The lowest BCUT2D eigenvalue weighted by Crippen LogP contribution is -2.51. The van der Waals surface area contributed by atoms with Crippen LogP contribution in [0.2, 0.25) is 0 Å². The predicted octanol–water partition coefficient (Wildman–Crippen LogP) is 2.41. The van der Waals surface area contributed by atoms with Crippen LogP contribution in [0.4, 0.5) is 0 Å². The Bertz CT molecular complexity index is 410. The molecule has 0 radical (unpaired) electrons. The number of hydrogen-bond acceptors (Lipinski definition) is 3. The third-order valence-electron chi connectivity index (χ3n) is 4.63. The van der Waals surface area contributed by atoms with Gasteiger partial charge >= 0.3 is 0 Å². The molecule has 1 saturated heterocycles. The minimum Gasteiger partial charge on any atom is -0.326 e. The Morgan fingerprint density at radius 2 is 1.75 bits per heavy atom. The van der Waals surface area contributed by atoms with E-state index in [0.29, 0.717) is 6.04 Å². The lowest BCUT2D eigenvalue weighted by molar-refractivity contribution is 0.0862. The number of nitrogens with zero attached hydrogens (tertiary/aromatic N) is 2. The maximum atomic E-state index is 6.46. The summed E-state index contributed by atoms with van der Waals surface area (Å²) in [5, 5.41) is 0. The van der Waals surface area contributed by atoms with Crippen LogP contribution in [-0.4, -0.2) is 48.6 Å². The van der Waals surface area contributed by atoms with Crippen molar-refractivity contribution in [3.05, 3.63) is 35.4 Å². The summed E-state index contributed by atoms with van der Waals surface area (Å²) in [6, 6.07) is 9.28. The van der Waals surface area contributed by atoms with Crippen molar-refractivity contribution < 1.29 is 0 Å². The van der Waals surface area contributed by atoms with Crippen LogP contribution in [-0.2, 0) is 0 Å². The van der Waals surface area contributed by atoms with E-state index in [9.17, 15) is 0 Å². The topological polar surface area (TPSA) is 32.5 Å². The zero-order valence-corrected chi connectivity index (χ0v) is 13.2. The summed E-state index contributed by atoms with van der Waals surface area (Å²) in [5.74, 6) is 0. The molecule has 3 nitrogen and oxygen atoms in total. The van der Waals surface area contributed by atoms with E-state index in [-0.39, 0.29) is 6.04 Å². The highest BCUT2D eigenvalue weighted by Gasteiger charge is 2.29. The molecule has 20 heavy (non-hydrogen) atoms. The molecule has 0 aliphatic carbocycles. The van der Waals surface area contributed by atoms with E-state index in [4.69, 9.17) is 5.73 Å². The molecule has 1 aromatic carbocycles. The average molecular weight is 275 g/mol. The van der Waals surface area contributed by atoms with E-state index in [2.05, 4.69) is 54.8 Å². The molecular formula is C17H29N3. The highest BCUT2D eigenvalue weighted by atomic mass is 15.3. The SMILES string of the molecule is CCC(N)C(c1ccccc1C)N1CCN(CC)CC1. The van der Waals surface area contributed by atoms with Crippen LogP contribution in [0.1, 0.15) is 37.4 Å². The molecule has 1 heterocycles. The number of aryl methyl sites for hydroxylation is 1. The summed E-state index contributed by atoms with van der Waals surface area (Å²) < 4.78 is 0. The number of nitrogens with two attached hydrogens (primary N) is 1. The maximum Gasteiger partial charge on any atom is 0.0502 e. The van der Waals surface area contributed by atoms with E-state index in [0.717, 1.165) is 39.1 Å². The fourth-order valence-corrected chi connectivity index (χ4v) is 3.20. The molecule has 2 rings (SSSR count). The molecule has 0 saturated carbocycles. The van der Waals surface area contributed by atoms with Crippen molar-refractivity contribution in [1.82, 2.24) is 9.80 Å². The second-order valence-corrected chi connectivity index (χ2v) is 5.84. The lowest BCUT2D eigenvalue weighted by Gasteiger charge is -2.41. The van der Waals surface area contributed by atoms with Crippen LogP contribution in [0.25, 0.3) is 0 Å². The van der Waals surface area contributed by atoms with Gasteiger partial charge in [-0.1, -0.05) is 38.1 Å². The van der Waals surface area contributed by atoms with Gasteiger partial charge in [0.25, 0.3) is 0 Å². The molecule has 0 aromatic heterocycles. The summed E-state index contributed by atoms with van der Waals surface area (Å²) in [7, 11) is 0. The fraction of sp³-hybridized carbons (Fsp3) is 0.647. The molecule has 0 spiro atoms. The van der Waals surface area contributed by atoms with Gasteiger partial charge in [0.2, 0.25) is 0 Å². The number of piperazine rings is 1. The summed E-state index contributed by atoms with van der Waals surface area (Å²) in [6.07, 6.45) is 1.02. The molecule has 3 heteroatoms. The monoisotopic (exact) mass is 275 g/mol. The largest absolute Gasteiger partial charge is 0.326 e. The second kappa shape index (κ2) is 7.21. The Kier molecular flexibility index (Phi) is 5.58. The molecule has 1 aliphatic heterocycles. The van der Waals surface area contributed by atoms with Gasteiger partial charge in [-0.05, 0) is 31.0 Å². The van der Waals surface area contributed by atoms with Crippen molar-refractivity contribution in [2.45, 2.75) is 39.3 Å². The smallest absolute Gasteiger partial charge is 0.0502 e. The average Bonchev–Trinajstić information content (AvgIpc) is 2.50. The minimum atomic E-state index is 0.212. The van der Waals surface area contributed by atoms with Crippen LogP contribution in [0, 0.1) is 6.92 Å². The Morgan fingerprint density at radius 3 is 2.30 bits per heavy atom. The van der Waals surface area contributed by atoms with E-state index in [1.807, 2.05) is 0 Å².